The largest absolute Gasteiger partial charge is 0.497 e. The summed E-state index contributed by atoms with van der Waals surface area (Å²) in [5, 5.41) is 3.19. The Morgan fingerprint density at radius 3 is 2.24 bits per heavy atom. The second kappa shape index (κ2) is 8.94. The molecule has 0 aliphatic carbocycles. The smallest absolute Gasteiger partial charge is 0.344 e. The van der Waals surface area contributed by atoms with Crippen LogP contribution in [0.3, 0.4) is 0 Å². The number of anilines is 1. The molecule has 0 spiro atoms. The summed E-state index contributed by atoms with van der Waals surface area (Å²) < 4.78 is 15.4. The normalized spacial score (nSPS) is 11.3. The molecule has 2 aromatic rings. The Balaban J connectivity index is 1.78. The van der Waals surface area contributed by atoms with Crippen LogP contribution in [0.15, 0.2) is 48.5 Å². The molecule has 1 atom stereocenters. The standard InChI is InChI=1S/C18H18ClNO5/c1-12(18(22)20-14-5-3-13(19)4-6-14)25-17(21)11-24-16-9-7-15(23-2)8-10-16/h3-10,12H,11H2,1-2H3,(H,20,22)/t12-/m1/s1. The van der Waals surface area contributed by atoms with Gasteiger partial charge in [0.15, 0.2) is 12.7 Å². The molecule has 0 radical (unpaired) electrons. The van der Waals surface area contributed by atoms with Crippen molar-refractivity contribution in [2.75, 3.05) is 19.0 Å². The van der Waals surface area contributed by atoms with Gasteiger partial charge >= 0.3 is 5.97 Å². The SMILES string of the molecule is COc1ccc(OCC(=O)O[C@H](C)C(=O)Nc2ccc(Cl)cc2)cc1. The number of methoxy groups -OCH3 is 1. The first kappa shape index (κ1) is 18.6. The number of amides is 1. The van der Waals surface area contributed by atoms with E-state index in [0.29, 0.717) is 22.2 Å². The van der Waals surface area contributed by atoms with Crippen molar-refractivity contribution in [3.8, 4) is 11.5 Å². The molecule has 0 aromatic heterocycles. The van der Waals surface area contributed by atoms with E-state index < -0.39 is 18.0 Å². The molecule has 25 heavy (non-hydrogen) atoms. The minimum Gasteiger partial charge on any atom is -0.497 e. The van der Waals surface area contributed by atoms with E-state index in [-0.39, 0.29) is 6.61 Å². The topological polar surface area (TPSA) is 73.9 Å². The molecule has 6 nitrogen and oxygen atoms in total. The highest BCUT2D eigenvalue weighted by molar-refractivity contribution is 6.30. The van der Waals surface area contributed by atoms with Crippen LogP contribution in [0, 0.1) is 0 Å². The van der Waals surface area contributed by atoms with Crippen molar-refractivity contribution < 1.29 is 23.8 Å². The van der Waals surface area contributed by atoms with Gasteiger partial charge < -0.3 is 19.5 Å². The molecule has 0 fully saturated rings. The molecule has 0 aliphatic heterocycles. The van der Waals surface area contributed by atoms with E-state index in [1.54, 1.807) is 55.6 Å². The Labute approximate surface area is 150 Å². The van der Waals surface area contributed by atoms with Crippen molar-refractivity contribution in [2.24, 2.45) is 0 Å². The molecule has 0 bridgehead atoms. The zero-order valence-electron chi connectivity index (χ0n) is 13.8. The maximum atomic E-state index is 12.0. The molecule has 0 saturated heterocycles. The van der Waals surface area contributed by atoms with Crippen molar-refractivity contribution in [3.05, 3.63) is 53.6 Å². The fraction of sp³-hybridized carbons (Fsp3) is 0.222. The zero-order valence-corrected chi connectivity index (χ0v) is 14.6. The van der Waals surface area contributed by atoms with Crippen LogP contribution < -0.4 is 14.8 Å². The molecule has 0 unspecified atom stereocenters. The Hall–Kier alpha value is -2.73. The zero-order chi connectivity index (χ0) is 18.2. The second-order valence-electron chi connectivity index (χ2n) is 5.09. The monoisotopic (exact) mass is 363 g/mol. The molecule has 2 rings (SSSR count). The lowest BCUT2D eigenvalue weighted by molar-refractivity contribution is -0.155. The van der Waals surface area contributed by atoms with Crippen LogP contribution in [-0.4, -0.2) is 31.7 Å². The third kappa shape index (κ3) is 6.00. The summed E-state index contributed by atoms with van der Waals surface area (Å²) >= 11 is 5.78. The van der Waals surface area contributed by atoms with Gasteiger partial charge in [0.1, 0.15) is 11.5 Å². The molecule has 2 aromatic carbocycles. The Morgan fingerprint density at radius 1 is 1.04 bits per heavy atom. The quantitative estimate of drug-likeness (QED) is 0.764. The van der Waals surface area contributed by atoms with Crippen LogP contribution in [-0.2, 0) is 14.3 Å². The first-order valence-corrected chi connectivity index (χ1v) is 7.88. The van der Waals surface area contributed by atoms with Gasteiger partial charge in [0.2, 0.25) is 0 Å². The lowest BCUT2D eigenvalue weighted by Gasteiger charge is -2.14. The number of hydrogen-bond acceptors (Lipinski definition) is 5. The summed E-state index contributed by atoms with van der Waals surface area (Å²) in [4.78, 5) is 23.8. The summed E-state index contributed by atoms with van der Waals surface area (Å²) in [6.07, 6.45) is -0.956. The molecule has 0 aliphatic rings. The van der Waals surface area contributed by atoms with E-state index in [4.69, 9.17) is 25.8 Å². The molecular formula is C18H18ClNO5. The van der Waals surface area contributed by atoms with Gasteiger partial charge in [-0.1, -0.05) is 11.6 Å². The number of carbonyl (C=O) groups is 2. The maximum Gasteiger partial charge on any atom is 0.344 e. The van der Waals surface area contributed by atoms with Gasteiger partial charge in [-0.05, 0) is 55.5 Å². The number of halogens is 1. The van der Waals surface area contributed by atoms with E-state index >= 15 is 0 Å². The fourth-order valence-corrected chi connectivity index (χ4v) is 2.00. The molecule has 1 amide bonds. The van der Waals surface area contributed by atoms with Crippen molar-refractivity contribution >= 4 is 29.2 Å². The van der Waals surface area contributed by atoms with Crippen LogP contribution in [0.4, 0.5) is 5.69 Å². The van der Waals surface area contributed by atoms with E-state index in [9.17, 15) is 9.59 Å². The Bertz CT molecular complexity index is 715. The van der Waals surface area contributed by atoms with Gasteiger partial charge in [0.05, 0.1) is 7.11 Å². The van der Waals surface area contributed by atoms with Gasteiger partial charge in [0, 0.05) is 10.7 Å². The minimum absolute atomic E-state index is 0.301. The number of carbonyl (C=O) groups excluding carboxylic acids is 2. The van der Waals surface area contributed by atoms with Crippen molar-refractivity contribution in [1.29, 1.82) is 0 Å². The highest BCUT2D eigenvalue weighted by Gasteiger charge is 2.18. The van der Waals surface area contributed by atoms with E-state index in [0.717, 1.165) is 0 Å². The minimum atomic E-state index is -0.956. The predicted molar refractivity (Wildman–Crippen MR) is 94.1 cm³/mol. The summed E-state index contributed by atoms with van der Waals surface area (Å²) in [5.41, 5.74) is 0.562. The number of benzene rings is 2. The maximum absolute atomic E-state index is 12.0. The first-order valence-electron chi connectivity index (χ1n) is 7.50. The molecule has 1 N–H and O–H groups in total. The van der Waals surface area contributed by atoms with E-state index in [1.165, 1.54) is 6.92 Å². The summed E-state index contributed by atoms with van der Waals surface area (Å²) in [7, 11) is 1.56. The highest BCUT2D eigenvalue weighted by Crippen LogP contribution is 2.17. The first-order chi connectivity index (χ1) is 12.0. The van der Waals surface area contributed by atoms with Crippen LogP contribution >= 0.6 is 11.6 Å². The average Bonchev–Trinajstić information content (AvgIpc) is 2.62. The summed E-state index contributed by atoms with van der Waals surface area (Å²) in [6, 6.07) is 13.4. The molecular weight excluding hydrogens is 346 g/mol. The lowest BCUT2D eigenvalue weighted by Crippen LogP contribution is -2.31. The van der Waals surface area contributed by atoms with E-state index in [2.05, 4.69) is 5.32 Å². The summed E-state index contributed by atoms with van der Waals surface area (Å²) in [6.45, 7) is 1.18. The molecule has 132 valence electrons. The van der Waals surface area contributed by atoms with Crippen molar-refractivity contribution in [1.82, 2.24) is 0 Å². The van der Waals surface area contributed by atoms with Gasteiger partial charge in [-0.25, -0.2) is 4.79 Å². The van der Waals surface area contributed by atoms with Crippen molar-refractivity contribution in [2.45, 2.75) is 13.0 Å². The summed E-state index contributed by atoms with van der Waals surface area (Å²) in [5.74, 6) is 0.0909. The van der Waals surface area contributed by atoms with Crippen LogP contribution in [0.2, 0.25) is 5.02 Å². The molecule has 0 saturated carbocycles. The average molecular weight is 364 g/mol. The van der Waals surface area contributed by atoms with Crippen LogP contribution in [0.25, 0.3) is 0 Å². The van der Waals surface area contributed by atoms with Gasteiger partial charge in [-0.2, -0.15) is 0 Å². The van der Waals surface area contributed by atoms with Gasteiger partial charge in [0.25, 0.3) is 5.91 Å². The molecule has 0 heterocycles. The Kier molecular flexibility index (Phi) is 6.65. The number of ether oxygens (including phenoxy) is 3. The number of hydrogen-bond donors (Lipinski definition) is 1. The Morgan fingerprint density at radius 2 is 1.64 bits per heavy atom. The third-order valence-corrected chi connectivity index (χ3v) is 3.46. The van der Waals surface area contributed by atoms with Crippen LogP contribution in [0.1, 0.15) is 6.92 Å². The number of rotatable bonds is 7. The fourth-order valence-electron chi connectivity index (χ4n) is 1.88. The third-order valence-electron chi connectivity index (χ3n) is 3.21. The molecule has 7 heteroatoms. The second-order valence-corrected chi connectivity index (χ2v) is 5.53. The lowest BCUT2D eigenvalue weighted by atomic mass is 10.3. The number of nitrogens with one attached hydrogen (secondary N) is 1. The van der Waals surface area contributed by atoms with Crippen LogP contribution in [0.5, 0.6) is 11.5 Å². The van der Waals surface area contributed by atoms with Crippen molar-refractivity contribution in [3.63, 3.8) is 0 Å². The number of esters is 1. The van der Waals surface area contributed by atoms with Gasteiger partial charge in [-0.3, -0.25) is 4.79 Å². The predicted octanol–water partition coefficient (Wildman–Crippen LogP) is 3.30. The highest BCUT2D eigenvalue weighted by atomic mass is 35.5. The van der Waals surface area contributed by atoms with Gasteiger partial charge in [-0.15, -0.1) is 0 Å². The van der Waals surface area contributed by atoms with E-state index in [1.807, 2.05) is 0 Å².